The zero-order valence-corrected chi connectivity index (χ0v) is 23.0. The lowest BCUT2D eigenvalue weighted by Gasteiger charge is -2.35. The van der Waals surface area contributed by atoms with Crippen LogP contribution in [-0.4, -0.2) is 57.0 Å². The molecule has 0 unspecified atom stereocenters. The number of halogens is 1. The fourth-order valence-corrected chi connectivity index (χ4v) is 5.57. The van der Waals surface area contributed by atoms with Gasteiger partial charge in [0.15, 0.2) is 6.10 Å². The Balaban J connectivity index is 1.89. The van der Waals surface area contributed by atoms with Crippen LogP contribution in [0.2, 0.25) is 0 Å². The summed E-state index contributed by atoms with van der Waals surface area (Å²) in [5, 5.41) is 24.4. The molecule has 0 spiro atoms. The van der Waals surface area contributed by atoms with Crippen molar-refractivity contribution in [2.45, 2.75) is 103 Å². The first-order chi connectivity index (χ1) is 17.3. The summed E-state index contributed by atoms with van der Waals surface area (Å²) in [5.74, 6) is -0.557. The van der Waals surface area contributed by atoms with Crippen molar-refractivity contribution in [2.24, 2.45) is 17.3 Å². The van der Waals surface area contributed by atoms with Crippen molar-refractivity contribution >= 4 is 29.2 Å². The molecule has 0 aromatic carbocycles. The Hall–Kier alpha value is -2.12. The number of Topliss-reactive ketones (excluding diaryl/α,β-unsaturated/α-hetero) is 1. The number of carbonyl (C=O) groups is 2. The molecule has 0 bridgehead atoms. The molecule has 7 nitrogen and oxygen atoms in total. The van der Waals surface area contributed by atoms with Gasteiger partial charge in [-0.1, -0.05) is 27.2 Å². The van der Waals surface area contributed by atoms with Gasteiger partial charge in [-0.05, 0) is 38.7 Å². The zero-order chi connectivity index (χ0) is 27.5. The van der Waals surface area contributed by atoms with Crippen LogP contribution in [0, 0.1) is 36.5 Å². The number of ether oxygens (including phenoxy) is 2. The smallest absolute Gasteiger partial charge is 0.309 e. The van der Waals surface area contributed by atoms with Crippen LogP contribution < -0.4 is 0 Å². The maximum atomic E-state index is 15.3. The first-order valence-corrected chi connectivity index (χ1v) is 13.7. The fraction of sp³-hybridized carbons (Fsp3) is 0.679. The molecule has 2 aliphatic heterocycles. The third-order valence-electron chi connectivity index (χ3n) is 7.80. The quantitative estimate of drug-likeness (QED) is 0.336. The monoisotopic (exact) mass is 535 g/mol. The molecular weight excluding hydrogens is 497 g/mol. The number of hydrogen-bond acceptors (Lipinski definition) is 8. The minimum absolute atomic E-state index is 0.0159. The summed E-state index contributed by atoms with van der Waals surface area (Å²) in [4.78, 5) is 30.5. The molecule has 2 saturated heterocycles. The predicted molar refractivity (Wildman–Crippen MR) is 139 cm³/mol. The van der Waals surface area contributed by atoms with Crippen LogP contribution in [-0.2, 0) is 19.1 Å². The van der Waals surface area contributed by atoms with Gasteiger partial charge in [0.25, 0.3) is 0 Å². The number of aliphatic hydroxyl groups is 2. The summed E-state index contributed by atoms with van der Waals surface area (Å²) in [6.45, 7) is 8.65. The first kappa shape index (κ1) is 29.4. The van der Waals surface area contributed by atoms with Gasteiger partial charge in [-0.15, -0.1) is 23.7 Å². The van der Waals surface area contributed by atoms with Crippen molar-refractivity contribution in [3.05, 3.63) is 21.9 Å². The van der Waals surface area contributed by atoms with E-state index in [1.165, 1.54) is 31.3 Å². The number of nitrogens with zero attached hydrogens (tertiary/aromatic N) is 1. The number of aryl methyl sites for hydroxylation is 1. The largest absolute Gasteiger partial charge is 0.455 e. The van der Waals surface area contributed by atoms with E-state index < -0.39 is 59.2 Å². The van der Waals surface area contributed by atoms with Gasteiger partial charge >= 0.3 is 5.97 Å². The van der Waals surface area contributed by atoms with E-state index in [-0.39, 0.29) is 24.9 Å². The van der Waals surface area contributed by atoms with Crippen LogP contribution in [0.3, 0.4) is 0 Å². The molecule has 1 aromatic heterocycles. The lowest BCUT2D eigenvalue weighted by Crippen LogP contribution is -2.46. The number of aliphatic hydroxyl groups excluding tert-OH is 2. The van der Waals surface area contributed by atoms with E-state index in [0.29, 0.717) is 18.5 Å². The van der Waals surface area contributed by atoms with Gasteiger partial charge < -0.3 is 19.7 Å². The number of fused-ring (bicyclic) bond motifs is 1. The predicted octanol–water partition coefficient (Wildman–Crippen LogP) is 4.39. The summed E-state index contributed by atoms with van der Waals surface area (Å²) < 4.78 is 26.7. The van der Waals surface area contributed by atoms with Crippen LogP contribution in [0.5, 0.6) is 0 Å². The van der Waals surface area contributed by atoms with Crippen LogP contribution >= 0.6 is 11.3 Å². The van der Waals surface area contributed by atoms with Crippen molar-refractivity contribution < 1.29 is 33.7 Å². The molecule has 2 aliphatic rings. The van der Waals surface area contributed by atoms with Gasteiger partial charge in [0, 0.05) is 18.2 Å². The second-order valence-electron chi connectivity index (χ2n) is 11.1. The molecule has 9 heteroatoms. The second kappa shape index (κ2) is 11.7. The van der Waals surface area contributed by atoms with Crippen LogP contribution in [0.4, 0.5) is 4.39 Å². The Morgan fingerprint density at radius 3 is 2.68 bits per heavy atom. The Kier molecular flexibility index (Phi) is 9.33. The molecule has 7 atom stereocenters. The number of esters is 1. The van der Waals surface area contributed by atoms with E-state index in [9.17, 15) is 19.8 Å². The number of carbonyl (C=O) groups excluding carboxylic acids is 2. The number of thiazole rings is 1. The van der Waals surface area contributed by atoms with E-state index in [2.05, 4.69) is 10.9 Å². The minimum atomic E-state index is -1.42. The van der Waals surface area contributed by atoms with E-state index in [1.807, 2.05) is 20.8 Å². The highest BCUT2D eigenvalue weighted by molar-refractivity contribution is 7.09. The van der Waals surface area contributed by atoms with Gasteiger partial charge in [-0.2, -0.15) is 0 Å². The molecule has 0 aliphatic carbocycles. The summed E-state index contributed by atoms with van der Waals surface area (Å²) in [6, 6.07) is 0. The fourth-order valence-electron chi connectivity index (χ4n) is 5.00. The summed E-state index contributed by atoms with van der Waals surface area (Å²) in [5.41, 5.74) is -1.46. The van der Waals surface area contributed by atoms with Crippen molar-refractivity contribution in [1.29, 1.82) is 0 Å². The molecule has 37 heavy (non-hydrogen) atoms. The van der Waals surface area contributed by atoms with Gasteiger partial charge in [-0.3, -0.25) is 9.59 Å². The molecule has 3 rings (SSSR count). The highest BCUT2D eigenvalue weighted by Crippen LogP contribution is 2.45. The lowest BCUT2D eigenvalue weighted by atomic mass is 9.71. The zero-order valence-electron chi connectivity index (χ0n) is 22.2. The number of cyclic esters (lactones) is 1. The highest BCUT2D eigenvalue weighted by Gasteiger charge is 2.53. The first-order valence-electron chi connectivity index (χ1n) is 12.8. The number of aromatic nitrogens is 1. The number of hydrogen-bond donors (Lipinski definition) is 2. The Labute approximate surface area is 222 Å². The Morgan fingerprint density at radius 2 is 2.05 bits per heavy atom. The highest BCUT2D eigenvalue weighted by atomic mass is 32.1. The maximum absolute atomic E-state index is 15.3. The number of ketones is 1. The lowest BCUT2D eigenvalue weighted by molar-refractivity contribution is -0.155. The molecule has 0 radical (unpaired) electrons. The minimum Gasteiger partial charge on any atom is -0.455 e. The molecule has 1 aromatic rings. The summed E-state index contributed by atoms with van der Waals surface area (Å²) in [7, 11) is 0. The summed E-state index contributed by atoms with van der Waals surface area (Å²) in [6.07, 6.45) is 4.46. The average Bonchev–Trinajstić information content (AvgIpc) is 3.27. The van der Waals surface area contributed by atoms with Crippen molar-refractivity contribution in [3.8, 4) is 12.3 Å². The van der Waals surface area contributed by atoms with Crippen molar-refractivity contribution in [1.82, 2.24) is 4.98 Å². The van der Waals surface area contributed by atoms with E-state index in [0.717, 1.165) is 11.4 Å². The van der Waals surface area contributed by atoms with Crippen LogP contribution in [0.25, 0.3) is 6.08 Å². The number of rotatable bonds is 3. The second-order valence-corrected chi connectivity index (χ2v) is 12.2. The van der Waals surface area contributed by atoms with Gasteiger partial charge in [0.2, 0.25) is 0 Å². The Morgan fingerprint density at radius 1 is 1.35 bits per heavy atom. The van der Waals surface area contributed by atoms with E-state index >= 15 is 4.39 Å². The topological polar surface area (TPSA) is 109 Å². The van der Waals surface area contributed by atoms with Gasteiger partial charge in [0.1, 0.15) is 11.6 Å². The van der Waals surface area contributed by atoms with Gasteiger partial charge in [0.05, 0.1) is 52.4 Å². The van der Waals surface area contributed by atoms with Crippen LogP contribution in [0.15, 0.2) is 11.2 Å². The normalized spacial score (nSPS) is 35.8. The summed E-state index contributed by atoms with van der Waals surface area (Å²) >= 11 is 1.38. The molecular formula is C28H38FNO6S. The number of epoxide rings is 1. The molecule has 2 fully saturated rings. The van der Waals surface area contributed by atoms with Crippen molar-refractivity contribution in [2.75, 3.05) is 0 Å². The number of terminal acetylenes is 1. The van der Waals surface area contributed by atoms with Crippen molar-refractivity contribution in [3.63, 3.8) is 0 Å². The van der Waals surface area contributed by atoms with E-state index in [4.69, 9.17) is 15.9 Å². The van der Waals surface area contributed by atoms with Gasteiger partial charge in [-0.25, -0.2) is 9.37 Å². The van der Waals surface area contributed by atoms with Crippen LogP contribution in [0.1, 0.15) is 76.9 Å². The maximum Gasteiger partial charge on any atom is 0.309 e. The van der Waals surface area contributed by atoms with E-state index in [1.54, 1.807) is 5.38 Å². The molecule has 2 N–H and O–H groups in total. The molecule has 204 valence electrons. The third kappa shape index (κ3) is 7.05. The average molecular weight is 536 g/mol. The Bertz CT molecular complexity index is 1060. The molecule has 3 heterocycles. The SMILES string of the molecule is C#CC[C@H]1C(=O)C(C)(C)[C@@H](O)CC(=O)O[C@H](C(F)=Cc2csc(C)n2)C[C@@H]2O[C@]2(C)CCC[C@H](C)[C@@H]1O. The molecule has 0 saturated carbocycles. The third-order valence-corrected chi connectivity index (χ3v) is 8.59. The standard InChI is InChI=1S/C28H38FNO6S/c1-7-9-19-25(33)16(2)10-8-11-28(6)23(36-28)13-21(20(29)12-18-15-37-17(3)30-18)35-24(32)14-22(31)27(4,5)26(19)34/h1,12,15-16,19,21-23,25,31,33H,8-11,13-14H2,2-6H3/t16-,19+,21-,22-,23-,25-,28+/m0/s1. The molecule has 0 amide bonds.